The van der Waals surface area contributed by atoms with Gasteiger partial charge in [0.15, 0.2) is 11.5 Å². The molecule has 104 valence electrons. The average Bonchev–Trinajstić information content (AvgIpc) is 2.41. The van der Waals surface area contributed by atoms with Crippen molar-refractivity contribution in [1.29, 1.82) is 0 Å². The minimum absolute atomic E-state index is 0.164. The number of hydrogen-bond acceptors (Lipinski definition) is 4. The van der Waals surface area contributed by atoms with Crippen molar-refractivity contribution in [3.63, 3.8) is 0 Å². The molecule has 1 aliphatic heterocycles. The first kappa shape index (κ1) is 13.7. The van der Waals surface area contributed by atoms with Gasteiger partial charge in [0.05, 0.1) is 5.56 Å². The molecule has 5 heteroatoms. The number of para-hydroxylation sites is 1. The fraction of sp³-hybridized carbons (Fsp3) is 0.500. The Hall–Kier alpha value is -1.75. The predicted molar refractivity (Wildman–Crippen MR) is 72.4 cm³/mol. The SMILES string of the molecule is CCN1CCN(C(=O)c2cccc(O)c2O)CC1C. The molecule has 1 aromatic carbocycles. The molecule has 1 aromatic rings. The molecule has 2 rings (SSSR count). The van der Waals surface area contributed by atoms with Gasteiger partial charge < -0.3 is 15.1 Å². The van der Waals surface area contributed by atoms with Crippen molar-refractivity contribution >= 4 is 5.91 Å². The molecule has 0 aromatic heterocycles. The van der Waals surface area contributed by atoms with E-state index < -0.39 is 0 Å². The van der Waals surface area contributed by atoms with Gasteiger partial charge in [-0.3, -0.25) is 9.69 Å². The number of phenolic OH excluding ortho intramolecular Hbond substituents is 2. The van der Waals surface area contributed by atoms with E-state index in [0.29, 0.717) is 19.1 Å². The van der Waals surface area contributed by atoms with Gasteiger partial charge in [-0.25, -0.2) is 0 Å². The van der Waals surface area contributed by atoms with E-state index >= 15 is 0 Å². The number of phenols is 2. The summed E-state index contributed by atoms with van der Waals surface area (Å²) in [6, 6.07) is 4.77. The molecule has 1 fully saturated rings. The molecule has 19 heavy (non-hydrogen) atoms. The van der Waals surface area contributed by atoms with Gasteiger partial charge in [0.2, 0.25) is 0 Å². The van der Waals surface area contributed by atoms with Crippen molar-refractivity contribution in [1.82, 2.24) is 9.80 Å². The summed E-state index contributed by atoms with van der Waals surface area (Å²) in [6.07, 6.45) is 0. The van der Waals surface area contributed by atoms with Crippen molar-refractivity contribution in [3.8, 4) is 11.5 Å². The fourth-order valence-electron chi connectivity index (χ4n) is 2.52. The second kappa shape index (κ2) is 5.48. The summed E-state index contributed by atoms with van der Waals surface area (Å²) in [5, 5.41) is 19.2. The highest BCUT2D eigenvalue weighted by Crippen LogP contribution is 2.29. The number of amides is 1. The maximum atomic E-state index is 12.3. The first-order valence-electron chi connectivity index (χ1n) is 6.58. The predicted octanol–water partition coefficient (Wildman–Crippen LogP) is 1.26. The van der Waals surface area contributed by atoms with E-state index in [4.69, 9.17) is 0 Å². The Kier molecular flexibility index (Phi) is 3.95. The van der Waals surface area contributed by atoms with Crippen molar-refractivity contribution < 1.29 is 15.0 Å². The molecule has 0 aliphatic carbocycles. The molecule has 1 heterocycles. The third-order valence-corrected chi connectivity index (χ3v) is 3.70. The van der Waals surface area contributed by atoms with E-state index in [1.165, 1.54) is 12.1 Å². The monoisotopic (exact) mass is 264 g/mol. The number of piperazine rings is 1. The van der Waals surface area contributed by atoms with Crippen LogP contribution in [0.1, 0.15) is 24.2 Å². The van der Waals surface area contributed by atoms with Crippen molar-refractivity contribution in [2.45, 2.75) is 19.9 Å². The molecule has 0 spiro atoms. The van der Waals surface area contributed by atoms with E-state index in [1.807, 2.05) is 0 Å². The Morgan fingerprint density at radius 1 is 1.37 bits per heavy atom. The highest BCUT2D eigenvalue weighted by Gasteiger charge is 2.27. The lowest BCUT2D eigenvalue weighted by Gasteiger charge is -2.39. The zero-order valence-electron chi connectivity index (χ0n) is 11.3. The van der Waals surface area contributed by atoms with Gasteiger partial charge in [-0.2, -0.15) is 0 Å². The standard InChI is InChI=1S/C14H20N2O3/c1-3-15-7-8-16(9-10(15)2)14(19)11-5-4-6-12(17)13(11)18/h4-6,10,17-18H,3,7-9H2,1-2H3. The topological polar surface area (TPSA) is 64.0 Å². The Labute approximate surface area is 113 Å². The molecule has 1 atom stereocenters. The normalized spacial score (nSPS) is 20.5. The summed E-state index contributed by atoms with van der Waals surface area (Å²) in [4.78, 5) is 16.4. The van der Waals surface area contributed by atoms with Crippen LogP contribution < -0.4 is 0 Å². The first-order chi connectivity index (χ1) is 9.04. The van der Waals surface area contributed by atoms with Crippen LogP contribution in [-0.4, -0.2) is 58.1 Å². The van der Waals surface area contributed by atoms with Crippen LogP contribution in [0.3, 0.4) is 0 Å². The van der Waals surface area contributed by atoms with Crippen LogP contribution in [0.4, 0.5) is 0 Å². The smallest absolute Gasteiger partial charge is 0.257 e. The van der Waals surface area contributed by atoms with Gasteiger partial charge in [0.25, 0.3) is 5.91 Å². The van der Waals surface area contributed by atoms with Crippen LogP contribution in [0.25, 0.3) is 0 Å². The van der Waals surface area contributed by atoms with Crippen molar-refractivity contribution in [2.75, 3.05) is 26.2 Å². The Morgan fingerprint density at radius 2 is 2.11 bits per heavy atom. The highest BCUT2D eigenvalue weighted by molar-refractivity contribution is 5.97. The minimum atomic E-state index is -0.335. The Bertz CT molecular complexity index is 476. The molecule has 1 saturated heterocycles. The molecular weight excluding hydrogens is 244 g/mol. The number of carbonyl (C=O) groups is 1. The van der Waals surface area contributed by atoms with E-state index in [0.717, 1.165) is 13.1 Å². The number of benzene rings is 1. The zero-order valence-corrected chi connectivity index (χ0v) is 11.3. The molecular formula is C14H20N2O3. The Balaban J connectivity index is 2.15. The van der Waals surface area contributed by atoms with Crippen LogP contribution in [0, 0.1) is 0 Å². The van der Waals surface area contributed by atoms with E-state index in [2.05, 4.69) is 18.7 Å². The third kappa shape index (κ3) is 2.66. The molecule has 0 bridgehead atoms. The van der Waals surface area contributed by atoms with Gasteiger partial charge >= 0.3 is 0 Å². The molecule has 2 N–H and O–H groups in total. The molecule has 1 unspecified atom stereocenters. The quantitative estimate of drug-likeness (QED) is 0.789. The maximum absolute atomic E-state index is 12.3. The number of carbonyl (C=O) groups excluding carboxylic acids is 1. The third-order valence-electron chi connectivity index (χ3n) is 3.70. The zero-order chi connectivity index (χ0) is 14.0. The molecule has 1 aliphatic rings. The van der Waals surface area contributed by atoms with Gasteiger partial charge in [-0.05, 0) is 25.6 Å². The summed E-state index contributed by atoms with van der Waals surface area (Å²) < 4.78 is 0. The van der Waals surface area contributed by atoms with E-state index in [9.17, 15) is 15.0 Å². The lowest BCUT2D eigenvalue weighted by molar-refractivity contribution is 0.0525. The second-order valence-electron chi connectivity index (χ2n) is 4.90. The fourth-order valence-corrected chi connectivity index (χ4v) is 2.52. The molecule has 0 radical (unpaired) electrons. The van der Waals surface area contributed by atoms with Gasteiger partial charge in [-0.1, -0.05) is 13.0 Å². The van der Waals surface area contributed by atoms with Crippen LogP contribution in [0.2, 0.25) is 0 Å². The van der Waals surface area contributed by atoms with Gasteiger partial charge in [0.1, 0.15) is 0 Å². The number of aromatic hydroxyl groups is 2. The Morgan fingerprint density at radius 3 is 2.74 bits per heavy atom. The summed E-state index contributed by atoms with van der Waals surface area (Å²) in [5.41, 5.74) is 0.164. The molecule has 5 nitrogen and oxygen atoms in total. The maximum Gasteiger partial charge on any atom is 0.257 e. The average molecular weight is 264 g/mol. The molecule has 1 amide bonds. The highest BCUT2D eigenvalue weighted by atomic mass is 16.3. The van der Waals surface area contributed by atoms with Crippen LogP contribution in [0.5, 0.6) is 11.5 Å². The van der Waals surface area contributed by atoms with E-state index in [1.54, 1.807) is 11.0 Å². The van der Waals surface area contributed by atoms with Crippen LogP contribution in [-0.2, 0) is 0 Å². The second-order valence-corrected chi connectivity index (χ2v) is 4.90. The summed E-state index contributed by atoms with van der Waals surface area (Å²) in [7, 11) is 0. The summed E-state index contributed by atoms with van der Waals surface area (Å²) in [6.45, 7) is 7.29. The van der Waals surface area contributed by atoms with E-state index in [-0.39, 0.29) is 23.0 Å². The largest absolute Gasteiger partial charge is 0.504 e. The number of rotatable bonds is 2. The summed E-state index contributed by atoms with van der Waals surface area (Å²) in [5.74, 6) is -0.819. The van der Waals surface area contributed by atoms with Crippen LogP contribution in [0.15, 0.2) is 18.2 Å². The lowest BCUT2D eigenvalue weighted by atomic mass is 10.1. The number of hydrogen-bond donors (Lipinski definition) is 2. The lowest BCUT2D eigenvalue weighted by Crippen LogP contribution is -2.53. The first-order valence-corrected chi connectivity index (χ1v) is 6.58. The minimum Gasteiger partial charge on any atom is -0.504 e. The van der Waals surface area contributed by atoms with Crippen LogP contribution >= 0.6 is 0 Å². The van der Waals surface area contributed by atoms with Crippen molar-refractivity contribution in [3.05, 3.63) is 23.8 Å². The number of nitrogens with zero attached hydrogens (tertiary/aromatic N) is 2. The number of likely N-dealkylation sites (N-methyl/N-ethyl adjacent to an activating group) is 1. The van der Waals surface area contributed by atoms with Crippen molar-refractivity contribution in [2.24, 2.45) is 0 Å². The molecule has 0 saturated carbocycles. The van der Waals surface area contributed by atoms with Gasteiger partial charge in [0, 0.05) is 25.7 Å². The van der Waals surface area contributed by atoms with Gasteiger partial charge in [-0.15, -0.1) is 0 Å². The summed E-state index contributed by atoms with van der Waals surface area (Å²) >= 11 is 0.